The lowest BCUT2D eigenvalue weighted by Gasteiger charge is -2.02. The number of nitrogens with two attached hydrogens (primary N) is 1. The minimum atomic E-state index is -0.702. The molecule has 1 aromatic carbocycles. The van der Waals surface area contributed by atoms with Crippen molar-refractivity contribution < 1.29 is 9.90 Å². The number of hydrogen-bond acceptors (Lipinski definition) is 2. The predicted octanol–water partition coefficient (Wildman–Crippen LogP) is 1.80. The molecule has 5 heteroatoms. The number of rotatable bonds is 1. The summed E-state index contributed by atoms with van der Waals surface area (Å²) in [4.78, 5) is 10.7. The number of benzene rings is 1. The first-order valence-corrected chi connectivity index (χ1v) is 3.76. The minimum Gasteiger partial charge on any atom is -0.505 e. The van der Waals surface area contributed by atoms with Gasteiger partial charge in [0, 0.05) is 0 Å². The fraction of sp³-hybridized carbons (Fsp3) is 0. The number of halogens is 2. The maximum atomic E-state index is 10.7. The van der Waals surface area contributed by atoms with E-state index < -0.39 is 5.91 Å². The van der Waals surface area contributed by atoms with E-state index in [-0.39, 0.29) is 21.4 Å². The van der Waals surface area contributed by atoms with Gasteiger partial charge in [-0.1, -0.05) is 23.2 Å². The molecule has 0 aliphatic carbocycles. The van der Waals surface area contributed by atoms with Crippen LogP contribution in [0, 0.1) is 0 Å². The van der Waals surface area contributed by atoms with Crippen LogP contribution in [0.25, 0.3) is 0 Å². The second-order valence-electron chi connectivity index (χ2n) is 2.12. The lowest BCUT2D eigenvalue weighted by molar-refractivity contribution is 0.1000. The van der Waals surface area contributed by atoms with E-state index in [9.17, 15) is 4.79 Å². The van der Waals surface area contributed by atoms with Gasteiger partial charge in [0.25, 0.3) is 0 Å². The molecule has 3 N–H and O–H groups in total. The van der Waals surface area contributed by atoms with Crippen LogP contribution in [0.15, 0.2) is 12.1 Å². The van der Waals surface area contributed by atoms with E-state index in [1.54, 1.807) is 0 Å². The molecule has 1 amide bonds. The second kappa shape index (κ2) is 3.21. The van der Waals surface area contributed by atoms with Crippen molar-refractivity contribution in [3.8, 4) is 5.75 Å². The molecule has 0 spiro atoms. The molecule has 0 unspecified atom stereocenters. The molecule has 0 heterocycles. The van der Waals surface area contributed by atoms with Crippen LogP contribution in [0.4, 0.5) is 0 Å². The Kier molecular flexibility index (Phi) is 2.45. The number of phenolic OH excluding ortho intramolecular Hbond substituents is 1. The van der Waals surface area contributed by atoms with Gasteiger partial charge < -0.3 is 10.8 Å². The van der Waals surface area contributed by atoms with Crippen LogP contribution in [0.3, 0.4) is 0 Å². The molecule has 12 heavy (non-hydrogen) atoms. The maximum Gasteiger partial charge on any atom is 0.250 e. The average Bonchev–Trinajstić information content (AvgIpc) is 2.00. The van der Waals surface area contributed by atoms with E-state index in [4.69, 9.17) is 34.0 Å². The highest BCUT2D eigenvalue weighted by molar-refractivity contribution is 6.39. The van der Waals surface area contributed by atoms with Crippen LogP contribution >= 0.6 is 23.2 Å². The van der Waals surface area contributed by atoms with Crippen molar-refractivity contribution in [2.24, 2.45) is 5.73 Å². The quantitative estimate of drug-likeness (QED) is 0.735. The Morgan fingerprint density at radius 2 is 2.00 bits per heavy atom. The van der Waals surface area contributed by atoms with E-state index in [1.807, 2.05) is 0 Å². The standard InChI is InChI=1S/C7H5Cl2NO2/c8-4-2-1-3(7(10)12)5(9)6(4)11/h1-2,11H,(H2,10,12). The van der Waals surface area contributed by atoms with E-state index in [1.165, 1.54) is 12.1 Å². The zero-order valence-electron chi connectivity index (χ0n) is 5.84. The Morgan fingerprint density at radius 3 is 2.50 bits per heavy atom. The zero-order valence-corrected chi connectivity index (χ0v) is 7.36. The molecule has 0 atom stereocenters. The summed E-state index contributed by atoms with van der Waals surface area (Å²) in [6, 6.07) is 2.70. The van der Waals surface area contributed by atoms with Crippen molar-refractivity contribution in [2.75, 3.05) is 0 Å². The molecule has 0 saturated carbocycles. The SMILES string of the molecule is NC(=O)c1ccc(Cl)c(O)c1Cl. The first-order chi connectivity index (χ1) is 5.54. The average molecular weight is 206 g/mol. The van der Waals surface area contributed by atoms with Crippen LogP contribution < -0.4 is 5.73 Å². The number of carbonyl (C=O) groups is 1. The smallest absolute Gasteiger partial charge is 0.250 e. The number of carbonyl (C=O) groups excluding carboxylic acids is 1. The van der Waals surface area contributed by atoms with Crippen LogP contribution in [-0.4, -0.2) is 11.0 Å². The highest BCUT2D eigenvalue weighted by atomic mass is 35.5. The molecular weight excluding hydrogens is 201 g/mol. The summed E-state index contributed by atoms with van der Waals surface area (Å²) in [7, 11) is 0. The number of aromatic hydroxyl groups is 1. The van der Waals surface area contributed by atoms with E-state index >= 15 is 0 Å². The monoisotopic (exact) mass is 205 g/mol. The first kappa shape index (κ1) is 9.16. The second-order valence-corrected chi connectivity index (χ2v) is 2.91. The molecule has 0 aliphatic rings. The molecule has 0 aliphatic heterocycles. The van der Waals surface area contributed by atoms with Gasteiger partial charge in [-0.2, -0.15) is 0 Å². The van der Waals surface area contributed by atoms with Crippen LogP contribution in [0.2, 0.25) is 10.0 Å². The van der Waals surface area contributed by atoms with Crippen molar-refractivity contribution in [3.63, 3.8) is 0 Å². The van der Waals surface area contributed by atoms with Gasteiger partial charge in [-0.15, -0.1) is 0 Å². The van der Waals surface area contributed by atoms with Gasteiger partial charge >= 0.3 is 0 Å². The van der Waals surface area contributed by atoms with Crippen LogP contribution in [-0.2, 0) is 0 Å². The summed E-state index contributed by atoms with van der Waals surface area (Å²) in [6.45, 7) is 0. The fourth-order valence-corrected chi connectivity index (χ4v) is 1.20. The van der Waals surface area contributed by atoms with Crippen molar-refractivity contribution in [1.82, 2.24) is 0 Å². The first-order valence-electron chi connectivity index (χ1n) is 3.01. The lowest BCUT2D eigenvalue weighted by Crippen LogP contribution is -2.11. The van der Waals surface area contributed by atoms with E-state index in [2.05, 4.69) is 0 Å². The number of phenols is 1. The molecule has 0 saturated heterocycles. The van der Waals surface area contributed by atoms with E-state index in [0.717, 1.165) is 0 Å². The Bertz CT molecular complexity index is 338. The van der Waals surface area contributed by atoms with Crippen molar-refractivity contribution in [1.29, 1.82) is 0 Å². The molecular formula is C7H5Cl2NO2. The molecule has 1 aromatic rings. The van der Waals surface area contributed by atoms with Gasteiger partial charge in [0.1, 0.15) is 0 Å². The van der Waals surface area contributed by atoms with Gasteiger partial charge in [-0.25, -0.2) is 0 Å². The Labute approximate surface area is 78.7 Å². The van der Waals surface area contributed by atoms with Gasteiger partial charge in [0.2, 0.25) is 5.91 Å². The molecule has 1 rings (SSSR count). The molecule has 0 radical (unpaired) electrons. The lowest BCUT2D eigenvalue weighted by atomic mass is 10.2. The van der Waals surface area contributed by atoms with Crippen molar-refractivity contribution in [2.45, 2.75) is 0 Å². The third-order valence-corrected chi connectivity index (χ3v) is 2.02. The maximum absolute atomic E-state index is 10.7. The summed E-state index contributed by atoms with van der Waals surface area (Å²) >= 11 is 11.1. The zero-order chi connectivity index (χ0) is 9.30. The van der Waals surface area contributed by atoms with Crippen molar-refractivity contribution in [3.05, 3.63) is 27.7 Å². The topological polar surface area (TPSA) is 63.3 Å². The highest BCUT2D eigenvalue weighted by Gasteiger charge is 2.12. The number of primary amides is 1. The summed E-state index contributed by atoms with van der Waals surface area (Å²) in [6.07, 6.45) is 0. The Balaban J connectivity index is 3.36. The molecule has 0 aromatic heterocycles. The molecule has 0 bridgehead atoms. The summed E-state index contributed by atoms with van der Waals surface area (Å²) in [5.74, 6) is -1.03. The fourth-order valence-electron chi connectivity index (χ4n) is 0.731. The summed E-state index contributed by atoms with van der Waals surface area (Å²) in [5, 5.41) is 9.14. The van der Waals surface area contributed by atoms with Gasteiger partial charge in [0.15, 0.2) is 5.75 Å². The molecule has 0 fully saturated rings. The minimum absolute atomic E-state index is 0.0542. The summed E-state index contributed by atoms with van der Waals surface area (Å²) in [5.41, 5.74) is 5.01. The molecule has 3 nitrogen and oxygen atoms in total. The third-order valence-electron chi connectivity index (χ3n) is 1.33. The van der Waals surface area contributed by atoms with Gasteiger partial charge in [-0.05, 0) is 12.1 Å². The Hall–Kier alpha value is -0.930. The highest BCUT2D eigenvalue weighted by Crippen LogP contribution is 2.33. The van der Waals surface area contributed by atoms with Crippen LogP contribution in [0.5, 0.6) is 5.75 Å². The van der Waals surface area contributed by atoms with Crippen molar-refractivity contribution >= 4 is 29.1 Å². The Morgan fingerprint density at radius 1 is 1.42 bits per heavy atom. The normalized spacial score (nSPS) is 9.83. The number of hydrogen-bond donors (Lipinski definition) is 2. The van der Waals surface area contributed by atoms with Gasteiger partial charge in [0.05, 0.1) is 15.6 Å². The summed E-state index contributed by atoms with van der Waals surface area (Å²) < 4.78 is 0. The van der Waals surface area contributed by atoms with E-state index in [0.29, 0.717) is 0 Å². The number of amides is 1. The largest absolute Gasteiger partial charge is 0.505 e. The van der Waals surface area contributed by atoms with Crippen LogP contribution in [0.1, 0.15) is 10.4 Å². The third kappa shape index (κ3) is 1.47. The van der Waals surface area contributed by atoms with Gasteiger partial charge in [-0.3, -0.25) is 4.79 Å². The predicted molar refractivity (Wildman–Crippen MR) is 46.6 cm³/mol. The molecule has 64 valence electrons.